The molecular weight excluding hydrogens is 570 g/mol. The fourth-order valence-corrected chi connectivity index (χ4v) is 13.1. The van der Waals surface area contributed by atoms with Gasteiger partial charge >= 0.3 is 5.97 Å². The molecule has 5 heteroatoms. The topological polar surface area (TPSA) is 78.8 Å². The van der Waals surface area contributed by atoms with Crippen molar-refractivity contribution in [2.75, 3.05) is 20.3 Å². The van der Waals surface area contributed by atoms with Crippen molar-refractivity contribution in [2.45, 2.75) is 144 Å². The van der Waals surface area contributed by atoms with Crippen molar-refractivity contribution in [2.24, 2.45) is 51.2 Å². The lowest BCUT2D eigenvalue weighted by molar-refractivity contribution is -0.221. The number of hydrogen-bond donors (Lipinski definition) is 3. The Morgan fingerprint density at radius 3 is 2.43 bits per heavy atom. The normalized spacial score (nSPS) is 42.2. The number of allylic oxidation sites excluding steroid dienone is 5. The maximum Gasteiger partial charge on any atom is 0.303 e. The molecule has 0 aromatic heterocycles. The first-order chi connectivity index (χ1) is 21.6. The number of unbranched alkanes of at least 4 members (excludes halogenated alkanes) is 1. The molecule has 0 amide bonds. The molecule has 3 N–H and O–H groups in total. The number of methoxy groups -OCH3 is 1. The van der Waals surface area contributed by atoms with Gasteiger partial charge in [0.25, 0.3) is 0 Å². The van der Waals surface area contributed by atoms with Crippen LogP contribution in [0.25, 0.3) is 0 Å². The van der Waals surface area contributed by atoms with E-state index in [0.717, 1.165) is 19.3 Å². The third-order valence-corrected chi connectivity index (χ3v) is 15.3. The predicted molar refractivity (Wildman–Crippen MR) is 188 cm³/mol. The van der Waals surface area contributed by atoms with Crippen LogP contribution >= 0.6 is 0 Å². The first-order valence-corrected chi connectivity index (χ1v) is 18.8. The Balaban J connectivity index is 1.47. The van der Waals surface area contributed by atoms with Gasteiger partial charge in [0.1, 0.15) is 0 Å². The van der Waals surface area contributed by atoms with Gasteiger partial charge in [-0.15, -0.1) is 0 Å². The van der Waals surface area contributed by atoms with Crippen LogP contribution in [-0.2, 0) is 9.53 Å². The zero-order valence-corrected chi connectivity index (χ0v) is 30.6. The van der Waals surface area contributed by atoms with E-state index < -0.39 is 12.1 Å². The Bertz CT molecular complexity index is 1220. The van der Waals surface area contributed by atoms with Gasteiger partial charge in [-0.25, -0.2) is 0 Å². The molecule has 260 valence electrons. The molecule has 4 saturated carbocycles. The minimum absolute atomic E-state index is 0.0232. The number of fused-ring (bicyclic) bond motifs is 7. The van der Waals surface area contributed by atoms with E-state index in [-0.39, 0.29) is 33.6 Å². The first kappa shape index (κ1) is 35.9. The van der Waals surface area contributed by atoms with Gasteiger partial charge in [-0.1, -0.05) is 72.3 Å². The SMILES string of the molecule is C=C(C)[C@@H]1CC[C@]2(NC[C@@H](O)COC)CC[C@]3(C)[C@H](CC[C@@H]4[C@@]5(C)CC=C(/C(=C/CCC)CCC(=O)O)C(C)(C)[C@@H]5CC[C@]43C)[C@@H]12. The largest absolute Gasteiger partial charge is 0.481 e. The van der Waals surface area contributed by atoms with Crippen LogP contribution in [0.3, 0.4) is 0 Å². The van der Waals surface area contributed by atoms with Crippen LogP contribution in [0.1, 0.15) is 132 Å². The van der Waals surface area contributed by atoms with E-state index in [1.54, 1.807) is 7.11 Å². The van der Waals surface area contributed by atoms with E-state index >= 15 is 0 Å². The van der Waals surface area contributed by atoms with Crippen LogP contribution in [0.15, 0.2) is 35.5 Å². The number of aliphatic hydroxyl groups excluding tert-OH is 1. The van der Waals surface area contributed by atoms with E-state index in [4.69, 9.17) is 4.74 Å². The van der Waals surface area contributed by atoms with Gasteiger partial charge < -0.3 is 20.3 Å². The van der Waals surface area contributed by atoms with E-state index in [1.165, 1.54) is 68.1 Å². The van der Waals surface area contributed by atoms with E-state index in [9.17, 15) is 15.0 Å². The van der Waals surface area contributed by atoms with Gasteiger partial charge in [-0.2, -0.15) is 0 Å². The zero-order valence-electron chi connectivity index (χ0n) is 30.6. The number of carbonyl (C=O) groups is 1. The molecule has 5 rings (SSSR count). The molecule has 5 aliphatic carbocycles. The lowest BCUT2D eigenvalue weighted by atomic mass is 9.33. The smallest absolute Gasteiger partial charge is 0.303 e. The molecule has 0 aliphatic heterocycles. The Morgan fingerprint density at radius 2 is 1.78 bits per heavy atom. The number of hydrogen-bond acceptors (Lipinski definition) is 4. The van der Waals surface area contributed by atoms with Gasteiger partial charge in [0.05, 0.1) is 12.7 Å². The summed E-state index contributed by atoms with van der Waals surface area (Å²) in [5, 5.41) is 24.2. The lowest BCUT2D eigenvalue weighted by Gasteiger charge is -2.72. The van der Waals surface area contributed by atoms with Crippen LogP contribution in [-0.4, -0.2) is 48.1 Å². The number of ether oxygens (including phenoxy) is 1. The van der Waals surface area contributed by atoms with Crippen LogP contribution in [0.4, 0.5) is 0 Å². The van der Waals surface area contributed by atoms with Crippen LogP contribution < -0.4 is 5.32 Å². The quantitative estimate of drug-likeness (QED) is 0.186. The molecule has 0 saturated heterocycles. The number of carboxylic acid groups (broad SMARTS) is 1. The van der Waals surface area contributed by atoms with Gasteiger partial charge in [-0.05, 0) is 140 Å². The van der Waals surface area contributed by atoms with Crippen molar-refractivity contribution >= 4 is 5.97 Å². The average Bonchev–Trinajstić information content (AvgIpc) is 3.37. The molecule has 0 bridgehead atoms. The maximum absolute atomic E-state index is 11.6. The predicted octanol–water partition coefficient (Wildman–Crippen LogP) is 9.12. The van der Waals surface area contributed by atoms with Gasteiger partial charge in [-0.3, -0.25) is 4.79 Å². The fraction of sp³-hybridized carbons (Fsp3) is 0.829. The summed E-state index contributed by atoms with van der Waals surface area (Å²) in [6.45, 7) is 23.0. The Labute approximate surface area is 281 Å². The first-order valence-electron chi connectivity index (χ1n) is 18.8. The maximum atomic E-state index is 11.6. The van der Waals surface area contributed by atoms with Crippen molar-refractivity contribution in [1.29, 1.82) is 0 Å². The van der Waals surface area contributed by atoms with Crippen LogP contribution in [0, 0.1) is 51.2 Å². The summed E-state index contributed by atoms with van der Waals surface area (Å²) in [5.74, 6) is 2.33. The van der Waals surface area contributed by atoms with Gasteiger partial charge in [0.2, 0.25) is 0 Å². The zero-order chi connectivity index (χ0) is 33.7. The summed E-state index contributed by atoms with van der Waals surface area (Å²) in [7, 11) is 1.67. The van der Waals surface area contributed by atoms with Crippen LogP contribution in [0.2, 0.25) is 0 Å². The summed E-state index contributed by atoms with van der Waals surface area (Å²) in [6.07, 6.45) is 18.4. The minimum atomic E-state index is -0.700. The number of rotatable bonds is 12. The molecule has 0 aromatic carbocycles. The Hall–Kier alpha value is -1.43. The molecular formula is C41H67NO4. The van der Waals surface area contributed by atoms with Gasteiger partial charge in [0.15, 0.2) is 0 Å². The van der Waals surface area contributed by atoms with Crippen molar-refractivity contribution in [1.82, 2.24) is 5.32 Å². The fourth-order valence-electron chi connectivity index (χ4n) is 13.1. The van der Waals surface area contributed by atoms with E-state index in [2.05, 4.69) is 72.5 Å². The second kappa shape index (κ2) is 13.1. The second-order valence-corrected chi connectivity index (χ2v) is 17.8. The third-order valence-electron chi connectivity index (χ3n) is 15.3. The van der Waals surface area contributed by atoms with Crippen molar-refractivity contribution in [3.8, 4) is 0 Å². The van der Waals surface area contributed by atoms with E-state index in [0.29, 0.717) is 49.2 Å². The Morgan fingerprint density at radius 1 is 1.04 bits per heavy atom. The molecule has 0 radical (unpaired) electrons. The highest BCUT2D eigenvalue weighted by molar-refractivity contribution is 5.67. The highest BCUT2D eigenvalue weighted by atomic mass is 16.5. The summed E-state index contributed by atoms with van der Waals surface area (Å²) in [5.41, 5.74) is 4.95. The lowest BCUT2D eigenvalue weighted by Crippen LogP contribution is -2.68. The number of β-amino-alcohol motifs (C(OH)–C–C–N with tert-alkyl or cyclic N) is 1. The van der Waals surface area contributed by atoms with Gasteiger partial charge in [0, 0.05) is 25.6 Å². The number of aliphatic carboxylic acids is 1. The summed E-state index contributed by atoms with van der Waals surface area (Å²) in [4.78, 5) is 11.6. The molecule has 0 heterocycles. The molecule has 0 spiro atoms. The number of aliphatic hydroxyl groups is 1. The average molecular weight is 638 g/mol. The summed E-state index contributed by atoms with van der Waals surface area (Å²) >= 11 is 0. The highest BCUT2D eigenvalue weighted by Crippen LogP contribution is 2.76. The van der Waals surface area contributed by atoms with Crippen molar-refractivity contribution in [3.05, 3.63) is 35.5 Å². The standard InChI is InChI=1S/C41H67NO4/c1-10-11-12-28(13-16-35(44)45)31-18-20-38(6)33(37(31,4)5)19-21-40(8)34(38)15-14-32-36-30(27(2)3)17-22-41(36,24-23-39(32,40)7)42-25-29(43)26-46-9/h12,18,29-30,32-34,36,42-43H,2,10-11,13-17,19-26H2,1,3-9H3,(H,44,45)/b28-12+/t29-,30+,32-,33+,34-,36-,38+,39-,40-,41+/m1/s1. The summed E-state index contributed by atoms with van der Waals surface area (Å²) in [6, 6.07) is 0. The summed E-state index contributed by atoms with van der Waals surface area (Å²) < 4.78 is 5.28. The third kappa shape index (κ3) is 5.70. The highest BCUT2D eigenvalue weighted by Gasteiger charge is 2.70. The molecule has 0 unspecified atom stereocenters. The van der Waals surface area contributed by atoms with Crippen molar-refractivity contribution in [3.63, 3.8) is 0 Å². The van der Waals surface area contributed by atoms with Crippen molar-refractivity contribution < 1.29 is 19.7 Å². The molecule has 4 fully saturated rings. The Kier molecular flexibility index (Phi) is 10.2. The monoisotopic (exact) mass is 638 g/mol. The molecule has 0 aromatic rings. The van der Waals surface area contributed by atoms with E-state index in [1.807, 2.05) is 0 Å². The molecule has 10 atom stereocenters. The number of carboxylic acids is 1. The molecule has 46 heavy (non-hydrogen) atoms. The minimum Gasteiger partial charge on any atom is -0.481 e. The molecule has 5 nitrogen and oxygen atoms in total. The molecule has 5 aliphatic rings. The number of nitrogens with one attached hydrogen (secondary N) is 1. The van der Waals surface area contributed by atoms with Crippen LogP contribution in [0.5, 0.6) is 0 Å². The second-order valence-electron chi connectivity index (χ2n) is 17.8.